The highest BCUT2D eigenvalue weighted by Gasteiger charge is 2.30. The summed E-state index contributed by atoms with van der Waals surface area (Å²) >= 11 is 0. The molecule has 0 aliphatic heterocycles. The molecule has 0 aromatic heterocycles. The number of fused-ring (bicyclic) bond motifs is 1. The number of hydrogen-bond acceptors (Lipinski definition) is 2. The van der Waals surface area contributed by atoms with Gasteiger partial charge in [-0.3, -0.25) is 0 Å². The first-order valence-electron chi connectivity index (χ1n) is 9.01. The molecule has 1 saturated carbocycles. The van der Waals surface area contributed by atoms with Crippen LogP contribution in [0.4, 0.5) is 4.79 Å². The minimum absolute atomic E-state index is 0.0189. The molecule has 0 spiro atoms. The van der Waals surface area contributed by atoms with Crippen molar-refractivity contribution in [3.63, 3.8) is 0 Å². The Hall–Kier alpha value is -1.55. The summed E-state index contributed by atoms with van der Waals surface area (Å²) in [6.07, 6.45) is 9.16. The average Bonchev–Trinajstić information content (AvgIpc) is 2.61. The van der Waals surface area contributed by atoms with Gasteiger partial charge >= 0.3 is 6.03 Å². The van der Waals surface area contributed by atoms with E-state index in [0.717, 1.165) is 38.6 Å². The summed E-state index contributed by atoms with van der Waals surface area (Å²) in [4.78, 5) is 12.3. The van der Waals surface area contributed by atoms with Crippen molar-refractivity contribution >= 4 is 6.03 Å². The van der Waals surface area contributed by atoms with E-state index in [4.69, 9.17) is 0 Å². The standard InChI is InChI=1S/C19H29N3O/c1-20-19(11-5-2-6-12-19)14-21-18(23)22-17-10-9-15-7-3-4-8-16(15)13-17/h3-4,7-8,17,20H,2,5-6,9-14H2,1H3,(H2,21,22,23)/t17-/m1/s1. The average molecular weight is 315 g/mol. The SMILES string of the molecule is CNC1(CNC(=O)N[C@@H]2CCc3ccccc3C2)CCCCC1. The van der Waals surface area contributed by atoms with Crippen LogP contribution in [-0.2, 0) is 12.8 Å². The first-order valence-corrected chi connectivity index (χ1v) is 9.01. The highest BCUT2D eigenvalue weighted by molar-refractivity contribution is 5.74. The second-order valence-electron chi connectivity index (χ2n) is 7.13. The summed E-state index contributed by atoms with van der Waals surface area (Å²) in [5.41, 5.74) is 2.90. The monoisotopic (exact) mass is 315 g/mol. The molecule has 1 aromatic carbocycles. The Bertz CT molecular complexity index is 537. The van der Waals surface area contributed by atoms with Gasteiger partial charge < -0.3 is 16.0 Å². The molecule has 3 rings (SSSR count). The van der Waals surface area contributed by atoms with Crippen LogP contribution in [-0.4, -0.2) is 31.2 Å². The van der Waals surface area contributed by atoms with Crippen molar-refractivity contribution in [3.05, 3.63) is 35.4 Å². The van der Waals surface area contributed by atoms with Gasteiger partial charge in [0, 0.05) is 18.1 Å². The van der Waals surface area contributed by atoms with E-state index in [1.807, 2.05) is 7.05 Å². The number of benzene rings is 1. The zero-order valence-electron chi connectivity index (χ0n) is 14.2. The first kappa shape index (κ1) is 16.3. The molecule has 4 heteroatoms. The fourth-order valence-electron chi connectivity index (χ4n) is 4.05. The third-order valence-corrected chi connectivity index (χ3v) is 5.61. The molecular formula is C19H29N3O. The molecule has 1 atom stereocenters. The predicted octanol–water partition coefficient (Wildman–Crippen LogP) is 2.77. The van der Waals surface area contributed by atoms with E-state index in [1.165, 1.54) is 30.4 Å². The quantitative estimate of drug-likeness (QED) is 0.800. The van der Waals surface area contributed by atoms with Gasteiger partial charge in [-0.05, 0) is 50.3 Å². The van der Waals surface area contributed by atoms with Gasteiger partial charge in [-0.1, -0.05) is 43.5 Å². The van der Waals surface area contributed by atoms with E-state index >= 15 is 0 Å². The third-order valence-electron chi connectivity index (χ3n) is 5.61. The summed E-state index contributed by atoms with van der Waals surface area (Å²) in [7, 11) is 2.02. The molecule has 0 radical (unpaired) electrons. The second-order valence-corrected chi connectivity index (χ2v) is 7.13. The van der Waals surface area contributed by atoms with Crippen LogP contribution >= 0.6 is 0 Å². The van der Waals surface area contributed by atoms with Gasteiger partial charge in [0.25, 0.3) is 0 Å². The van der Waals surface area contributed by atoms with Crippen LogP contribution in [0.1, 0.15) is 49.7 Å². The van der Waals surface area contributed by atoms with Crippen LogP contribution in [0.15, 0.2) is 24.3 Å². The lowest BCUT2D eigenvalue weighted by Gasteiger charge is -2.37. The van der Waals surface area contributed by atoms with Crippen LogP contribution in [0.5, 0.6) is 0 Å². The minimum atomic E-state index is -0.0189. The number of hydrogen-bond donors (Lipinski definition) is 3. The fraction of sp³-hybridized carbons (Fsp3) is 0.632. The smallest absolute Gasteiger partial charge is 0.315 e. The fourth-order valence-corrected chi connectivity index (χ4v) is 4.05. The van der Waals surface area contributed by atoms with Crippen LogP contribution in [0.25, 0.3) is 0 Å². The van der Waals surface area contributed by atoms with Crippen molar-refractivity contribution in [2.24, 2.45) is 0 Å². The van der Waals surface area contributed by atoms with E-state index in [2.05, 4.69) is 40.2 Å². The van der Waals surface area contributed by atoms with Gasteiger partial charge in [-0.25, -0.2) is 4.79 Å². The molecular weight excluding hydrogens is 286 g/mol. The van der Waals surface area contributed by atoms with Crippen molar-refractivity contribution < 1.29 is 4.79 Å². The Morgan fingerprint density at radius 2 is 1.91 bits per heavy atom. The highest BCUT2D eigenvalue weighted by Crippen LogP contribution is 2.27. The number of carbonyl (C=O) groups is 1. The van der Waals surface area contributed by atoms with Gasteiger partial charge in [0.15, 0.2) is 0 Å². The molecule has 2 amide bonds. The number of urea groups is 1. The van der Waals surface area contributed by atoms with Crippen LogP contribution in [0.2, 0.25) is 0 Å². The molecule has 1 aromatic rings. The molecule has 0 bridgehead atoms. The highest BCUT2D eigenvalue weighted by atomic mass is 16.2. The van der Waals surface area contributed by atoms with Crippen molar-refractivity contribution in [1.29, 1.82) is 0 Å². The molecule has 4 nitrogen and oxygen atoms in total. The lowest BCUT2D eigenvalue weighted by Crippen LogP contribution is -2.55. The van der Waals surface area contributed by atoms with E-state index in [9.17, 15) is 4.79 Å². The largest absolute Gasteiger partial charge is 0.336 e. The van der Waals surface area contributed by atoms with E-state index in [1.54, 1.807) is 0 Å². The van der Waals surface area contributed by atoms with Gasteiger partial charge in [0.1, 0.15) is 0 Å². The van der Waals surface area contributed by atoms with E-state index < -0.39 is 0 Å². The predicted molar refractivity (Wildman–Crippen MR) is 93.7 cm³/mol. The van der Waals surface area contributed by atoms with Crippen LogP contribution in [0, 0.1) is 0 Å². The summed E-state index contributed by atoms with van der Waals surface area (Å²) in [6, 6.07) is 8.79. The zero-order valence-corrected chi connectivity index (χ0v) is 14.2. The topological polar surface area (TPSA) is 53.2 Å². The molecule has 0 unspecified atom stereocenters. The Morgan fingerprint density at radius 3 is 2.65 bits per heavy atom. The number of aryl methyl sites for hydroxylation is 1. The second kappa shape index (κ2) is 7.35. The Kier molecular flexibility index (Phi) is 5.21. The Morgan fingerprint density at radius 1 is 1.17 bits per heavy atom. The summed E-state index contributed by atoms with van der Waals surface area (Å²) in [5, 5.41) is 9.71. The number of likely N-dealkylation sites (N-methyl/N-ethyl adjacent to an activating group) is 1. The van der Waals surface area contributed by atoms with Crippen molar-refractivity contribution in [2.45, 2.75) is 62.9 Å². The number of nitrogens with one attached hydrogen (secondary N) is 3. The lowest BCUT2D eigenvalue weighted by molar-refractivity contribution is 0.214. The molecule has 3 N–H and O–H groups in total. The van der Waals surface area contributed by atoms with Gasteiger partial charge in [0.05, 0.1) is 0 Å². The summed E-state index contributed by atoms with van der Waals surface area (Å²) in [5.74, 6) is 0. The van der Waals surface area contributed by atoms with E-state index in [0.29, 0.717) is 0 Å². The number of rotatable bonds is 4. The minimum Gasteiger partial charge on any atom is -0.336 e. The first-order chi connectivity index (χ1) is 11.2. The summed E-state index contributed by atoms with van der Waals surface area (Å²) in [6.45, 7) is 0.721. The zero-order chi connectivity index (χ0) is 16.1. The van der Waals surface area contributed by atoms with Crippen molar-refractivity contribution in [1.82, 2.24) is 16.0 Å². The third kappa shape index (κ3) is 4.05. The maximum Gasteiger partial charge on any atom is 0.315 e. The Labute approximate surface area is 139 Å². The van der Waals surface area contributed by atoms with E-state index in [-0.39, 0.29) is 17.6 Å². The van der Waals surface area contributed by atoms with Crippen molar-refractivity contribution in [2.75, 3.05) is 13.6 Å². The van der Waals surface area contributed by atoms with Crippen molar-refractivity contribution in [3.8, 4) is 0 Å². The van der Waals surface area contributed by atoms with Crippen LogP contribution < -0.4 is 16.0 Å². The molecule has 0 saturated heterocycles. The van der Waals surface area contributed by atoms with Gasteiger partial charge in [-0.2, -0.15) is 0 Å². The molecule has 2 aliphatic carbocycles. The maximum atomic E-state index is 12.3. The lowest BCUT2D eigenvalue weighted by atomic mass is 9.82. The number of amides is 2. The Balaban J connectivity index is 1.48. The molecule has 23 heavy (non-hydrogen) atoms. The molecule has 1 fully saturated rings. The van der Waals surface area contributed by atoms with Gasteiger partial charge in [-0.15, -0.1) is 0 Å². The summed E-state index contributed by atoms with van der Waals surface area (Å²) < 4.78 is 0. The molecule has 0 heterocycles. The molecule has 126 valence electrons. The maximum absolute atomic E-state index is 12.3. The van der Waals surface area contributed by atoms with Gasteiger partial charge in [0.2, 0.25) is 0 Å². The normalized spacial score (nSPS) is 22.9. The molecule has 2 aliphatic rings. The van der Waals surface area contributed by atoms with Crippen LogP contribution in [0.3, 0.4) is 0 Å². The number of carbonyl (C=O) groups excluding carboxylic acids is 1.